The molecule has 0 heterocycles. The highest BCUT2D eigenvalue weighted by molar-refractivity contribution is 7.71. The van der Waals surface area contributed by atoms with Crippen LogP contribution in [0.3, 0.4) is 0 Å². The Labute approximate surface area is 101 Å². The van der Waals surface area contributed by atoms with Gasteiger partial charge in [0.15, 0.2) is 0 Å². The lowest BCUT2D eigenvalue weighted by molar-refractivity contribution is 0.189. The smallest absolute Gasteiger partial charge is 0.440 e. The maximum absolute atomic E-state index is 11.7. The highest BCUT2D eigenvalue weighted by Crippen LogP contribution is 2.48. The molecule has 0 aromatic rings. The average molecular weight is 258 g/mol. The number of rotatable bonds is 5. The van der Waals surface area contributed by atoms with Gasteiger partial charge in [0.25, 0.3) is 0 Å². The highest BCUT2D eigenvalue weighted by atomic mass is 31.2. The highest BCUT2D eigenvalue weighted by Gasteiger charge is 2.34. The molecule has 17 heavy (non-hydrogen) atoms. The van der Waals surface area contributed by atoms with Crippen LogP contribution in [0, 0.1) is 23.7 Å². The van der Waals surface area contributed by atoms with Gasteiger partial charge in [-0.25, -0.2) is 9.36 Å². The molecule has 0 aliphatic heterocycles. The van der Waals surface area contributed by atoms with Crippen LogP contribution in [0.2, 0.25) is 0 Å². The fourth-order valence-electron chi connectivity index (χ4n) is 0.734. The SMILES string of the molecule is CCC#CCOP(=O)(OCC#CCC)C(=O)O. The van der Waals surface area contributed by atoms with Crippen LogP contribution >= 0.6 is 7.60 Å². The van der Waals surface area contributed by atoms with E-state index in [0.29, 0.717) is 12.8 Å². The molecule has 0 radical (unpaired) electrons. The zero-order valence-corrected chi connectivity index (χ0v) is 10.8. The summed E-state index contributed by atoms with van der Waals surface area (Å²) in [5.41, 5.74) is -1.63. The van der Waals surface area contributed by atoms with Crippen LogP contribution in [-0.4, -0.2) is 24.0 Å². The van der Waals surface area contributed by atoms with Gasteiger partial charge in [-0.3, -0.25) is 9.05 Å². The summed E-state index contributed by atoms with van der Waals surface area (Å²) in [6.07, 6.45) is 1.23. The molecule has 0 rings (SSSR count). The lowest BCUT2D eigenvalue weighted by Crippen LogP contribution is -2.05. The van der Waals surface area contributed by atoms with Crippen molar-refractivity contribution < 1.29 is 23.5 Å². The lowest BCUT2D eigenvalue weighted by atomic mass is 10.5. The van der Waals surface area contributed by atoms with Crippen molar-refractivity contribution in [3.63, 3.8) is 0 Å². The molecule has 0 spiro atoms. The van der Waals surface area contributed by atoms with Gasteiger partial charge < -0.3 is 5.11 Å². The van der Waals surface area contributed by atoms with Crippen molar-refractivity contribution >= 4 is 13.3 Å². The monoisotopic (exact) mass is 258 g/mol. The molecule has 0 aromatic carbocycles. The Morgan fingerprint density at radius 2 is 1.47 bits per heavy atom. The first-order chi connectivity index (χ1) is 8.06. The van der Waals surface area contributed by atoms with Crippen LogP contribution < -0.4 is 0 Å². The molecule has 0 aromatic heterocycles. The van der Waals surface area contributed by atoms with Crippen LogP contribution in [0.15, 0.2) is 0 Å². The van der Waals surface area contributed by atoms with E-state index in [1.165, 1.54) is 0 Å². The summed E-state index contributed by atoms with van der Waals surface area (Å²) in [6.45, 7) is 3.19. The van der Waals surface area contributed by atoms with E-state index in [4.69, 9.17) is 5.11 Å². The van der Waals surface area contributed by atoms with E-state index < -0.39 is 13.3 Å². The third kappa shape index (κ3) is 6.81. The minimum Gasteiger partial charge on any atom is -0.472 e. The maximum Gasteiger partial charge on any atom is 0.440 e. The van der Waals surface area contributed by atoms with E-state index in [9.17, 15) is 9.36 Å². The van der Waals surface area contributed by atoms with Crippen LogP contribution in [0.1, 0.15) is 26.7 Å². The van der Waals surface area contributed by atoms with E-state index in [1.54, 1.807) is 0 Å². The van der Waals surface area contributed by atoms with E-state index in [2.05, 4.69) is 32.7 Å². The number of hydrogen-bond acceptors (Lipinski definition) is 4. The van der Waals surface area contributed by atoms with Gasteiger partial charge in [-0.1, -0.05) is 25.7 Å². The van der Waals surface area contributed by atoms with Crippen LogP contribution in [0.25, 0.3) is 0 Å². The third-order valence-electron chi connectivity index (χ3n) is 1.45. The zero-order valence-electron chi connectivity index (χ0n) is 9.86. The largest absolute Gasteiger partial charge is 0.472 e. The standard InChI is InChI=1S/C11H15O5P/c1-3-5-7-9-15-17(14,11(12)13)16-10-8-6-4-2/h3-4,9-10H2,1-2H3,(H,12,13). The van der Waals surface area contributed by atoms with Crippen molar-refractivity contribution in [3.05, 3.63) is 0 Å². The third-order valence-corrected chi connectivity index (χ3v) is 2.86. The summed E-state index contributed by atoms with van der Waals surface area (Å²) in [5.74, 6) is 10.4. The predicted molar refractivity (Wildman–Crippen MR) is 63.7 cm³/mol. The zero-order chi connectivity index (χ0) is 13.1. The lowest BCUT2D eigenvalue weighted by Gasteiger charge is -2.10. The molecule has 0 fully saturated rings. The predicted octanol–water partition coefficient (Wildman–Crippen LogP) is 2.72. The Bertz CT molecular complexity index is 377. The first kappa shape index (κ1) is 15.7. The Morgan fingerprint density at radius 3 is 1.76 bits per heavy atom. The van der Waals surface area contributed by atoms with Gasteiger partial charge in [-0.05, 0) is 0 Å². The van der Waals surface area contributed by atoms with Gasteiger partial charge >= 0.3 is 13.3 Å². The second kappa shape index (κ2) is 8.84. The molecule has 0 amide bonds. The first-order valence-corrected chi connectivity index (χ1v) is 6.65. The number of hydrogen-bond donors (Lipinski definition) is 1. The molecule has 6 heteroatoms. The summed E-state index contributed by atoms with van der Waals surface area (Å²) in [6, 6.07) is 0. The minimum absolute atomic E-state index is 0.237. The quantitative estimate of drug-likeness (QED) is 0.606. The van der Waals surface area contributed by atoms with Crippen LogP contribution in [0.5, 0.6) is 0 Å². The Morgan fingerprint density at radius 1 is 1.06 bits per heavy atom. The van der Waals surface area contributed by atoms with Crippen molar-refractivity contribution in [1.29, 1.82) is 0 Å². The second-order valence-corrected chi connectivity index (χ2v) is 4.64. The summed E-state index contributed by atoms with van der Waals surface area (Å²) >= 11 is 0. The molecule has 0 saturated heterocycles. The summed E-state index contributed by atoms with van der Waals surface area (Å²) in [5, 5.41) is 8.74. The normalized spacial score (nSPS) is 9.76. The van der Waals surface area contributed by atoms with Gasteiger partial charge in [0.1, 0.15) is 13.2 Å². The molecule has 94 valence electrons. The van der Waals surface area contributed by atoms with Gasteiger partial charge in [0.05, 0.1) is 0 Å². The molecule has 0 unspecified atom stereocenters. The van der Waals surface area contributed by atoms with Crippen LogP contribution in [0.4, 0.5) is 4.79 Å². The first-order valence-electron chi connectivity index (χ1n) is 5.10. The van der Waals surface area contributed by atoms with Crippen molar-refractivity contribution in [1.82, 2.24) is 0 Å². The van der Waals surface area contributed by atoms with E-state index in [0.717, 1.165) is 0 Å². The van der Waals surface area contributed by atoms with Crippen molar-refractivity contribution in [2.24, 2.45) is 0 Å². The Kier molecular flexibility index (Phi) is 8.19. The van der Waals surface area contributed by atoms with Crippen molar-refractivity contribution in [2.45, 2.75) is 26.7 Å². The minimum atomic E-state index is -4.16. The van der Waals surface area contributed by atoms with Gasteiger partial charge in [0, 0.05) is 12.8 Å². The molecule has 0 saturated carbocycles. The topological polar surface area (TPSA) is 72.8 Å². The molecule has 0 atom stereocenters. The van der Waals surface area contributed by atoms with Crippen molar-refractivity contribution in [3.8, 4) is 23.7 Å². The maximum atomic E-state index is 11.7. The van der Waals surface area contributed by atoms with Gasteiger partial charge in [-0.2, -0.15) is 0 Å². The van der Waals surface area contributed by atoms with Gasteiger partial charge in [0.2, 0.25) is 0 Å². The molecule has 0 aliphatic rings. The number of carbonyl (C=O) groups is 1. The molecule has 5 nitrogen and oxygen atoms in total. The molecule has 0 bridgehead atoms. The fraction of sp³-hybridized carbons (Fsp3) is 0.545. The van der Waals surface area contributed by atoms with Crippen LogP contribution in [-0.2, 0) is 13.6 Å². The van der Waals surface area contributed by atoms with Gasteiger partial charge in [-0.15, -0.1) is 11.8 Å². The molecule has 0 aliphatic carbocycles. The fourth-order valence-corrected chi connectivity index (χ4v) is 1.50. The summed E-state index contributed by atoms with van der Waals surface area (Å²) < 4.78 is 21.0. The molecular formula is C11H15O5P. The van der Waals surface area contributed by atoms with E-state index in [-0.39, 0.29) is 13.2 Å². The second-order valence-electron chi connectivity index (χ2n) is 2.74. The number of carboxylic acid groups (broad SMARTS) is 1. The molecule has 1 N–H and O–H groups in total. The van der Waals surface area contributed by atoms with E-state index >= 15 is 0 Å². The molecular weight excluding hydrogens is 243 g/mol. The summed E-state index contributed by atoms with van der Waals surface area (Å²) in [7, 11) is -4.16. The average Bonchev–Trinajstić information content (AvgIpc) is 2.30. The summed E-state index contributed by atoms with van der Waals surface area (Å²) in [4.78, 5) is 10.7. The van der Waals surface area contributed by atoms with Crippen molar-refractivity contribution in [2.75, 3.05) is 13.2 Å². The Hall–Kier alpha value is -1.26. The Balaban J connectivity index is 4.37. The van der Waals surface area contributed by atoms with E-state index in [1.807, 2.05) is 13.8 Å².